The molecule has 1 atom stereocenters. The zero-order valence-corrected chi connectivity index (χ0v) is 7.10. The third kappa shape index (κ3) is 6.39. The summed E-state index contributed by atoms with van der Waals surface area (Å²) in [4.78, 5) is 10.8. The molecule has 0 spiro atoms. The Morgan fingerprint density at radius 2 is 2.00 bits per heavy atom. The van der Waals surface area contributed by atoms with E-state index < -0.39 is 25.0 Å². The highest BCUT2D eigenvalue weighted by Crippen LogP contribution is 2.03. The van der Waals surface area contributed by atoms with Crippen molar-refractivity contribution in [2.75, 3.05) is 13.1 Å². The summed E-state index contributed by atoms with van der Waals surface area (Å²) in [5.74, 6) is -0.450. The Labute approximate surface area is 74.5 Å². The molecule has 0 fully saturated rings. The molecule has 0 aromatic carbocycles. The van der Waals surface area contributed by atoms with Gasteiger partial charge in [-0.15, -0.1) is 0 Å². The van der Waals surface area contributed by atoms with Gasteiger partial charge in [-0.25, -0.2) is 13.2 Å². The van der Waals surface area contributed by atoms with E-state index in [9.17, 15) is 18.0 Å². The van der Waals surface area contributed by atoms with E-state index in [2.05, 4.69) is 0 Å². The second-order valence-corrected chi connectivity index (χ2v) is 2.55. The molecule has 0 saturated heterocycles. The highest BCUT2D eigenvalue weighted by molar-refractivity contribution is 5.75. The Hall–Kier alpha value is -0.780. The van der Waals surface area contributed by atoms with Crippen LogP contribution in [0.15, 0.2) is 0 Å². The Bertz CT molecular complexity index is 155. The molecule has 0 aromatic heterocycles. The number of hydrogen-bond acceptors (Lipinski definition) is 2. The van der Waals surface area contributed by atoms with Gasteiger partial charge < -0.3 is 11.1 Å². The number of nitrogens with one attached hydrogen (secondary N) is 1. The first-order valence-corrected chi connectivity index (χ1v) is 3.97. The molecule has 3 nitrogen and oxygen atoms in total. The molecule has 0 rings (SSSR count). The van der Waals surface area contributed by atoms with E-state index in [4.69, 9.17) is 5.73 Å². The molecule has 3 N–H and O–H groups in total. The van der Waals surface area contributed by atoms with E-state index >= 15 is 0 Å². The summed E-state index contributed by atoms with van der Waals surface area (Å²) in [7, 11) is 0. The van der Waals surface area contributed by atoms with Gasteiger partial charge in [0.1, 0.15) is 0 Å². The normalized spacial score (nSPS) is 13.0. The number of carbonyl (C=O) groups is 1. The summed E-state index contributed by atoms with van der Waals surface area (Å²) >= 11 is 0. The number of amides is 1. The minimum atomic E-state index is -3.05. The van der Waals surface area contributed by atoms with Crippen molar-refractivity contribution in [3.05, 3.63) is 0 Å². The van der Waals surface area contributed by atoms with Crippen LogP contribution in [0, 0.1) is 0 Å². The fourth-order valence-electron chi connectivity index (χ4n) is 0.651. The van der Waals surface area contributed by atoms with Gasteiger partial charge in [0.2, 0.25) is 5.91 Å². The predicted molar refractivity (Wildman–Crippen MR) is 42.2 cm³/mol. The van der Waals surface area contributed by atoms with Crippen LogP contribution in [0.3, 0.4) is 0 Å². The molecular weight excluding hydrogens is 185 g/mol. The maximum Gasteiger partial charge on any atom is 0.271 e. The lowest BCUT2D eigenvalue weighted by Gasteiger charge is -2.08. The van der Waals surface area contributed by atoms with E-state index in [0.29, 0.717) is 13.0 Å². The van der Waals surface area contributed by atoms with Gasteiger partial charge >= 0.3 is 0 Å². The number of hydrogen-bond donors (Lipinski definition) is 2. The lowest BCUT2D eigenvalue weighted by Crippen LogP contribution is -2.33. The Morgan fingerprint density at radius 3 is 2.46 bits per heavy atom. The quantitative estimate of drug-likeness (QED) is 0.650. The molecule has 0 bridgehead atoms. The Kier molecular flexibility index (Phi) is 6.30. The van der Waals surface area contributed by atoms with Crippen LogP contribution in [0.1, 0.15) is 12.8 Å². The lowest BCUT2D eigenvalue weighted by atomic mass is 10.3. The second kappa shape index (κ2) is 6.71. The third-order valence-electron chi connectivity index (χ3n) is 1.38. The van der Waals surface area contributed by atoms with Crippen molar-refractivity contribution in [2.24, 2.45) is 5.73 Å². The van der Waals surface area contributed by atoms with Crippen molar-refractivity contribution in [3.8, 4) is 0 Å². The molecular formula is C7H13F3N2O. The summed E-state index contributed by atoms with van der Waals surface area (Å²) in [6.07, 6.45) is -4.72. The van der Waals surface area contributed by atoms with Crippen LogP contribution < -0.4 is 11.1 Å². The van der Waals surface area contributed by atoms with E-state index in [1.807, 2.05) is 5.32 Å². The van der Waals surface area contributed by atoms with Crippen molar-refractivity contribution in [3.63, 3.8) is 0 Å². The van der Waals surface area contributed by atoms with Gasteiger partial charge in [-0.3, -0.25) is 4.79 Å². The summed E-state index contributed by atoms with van der Waals surface area (Å²) in [5.41, 5.74) is 5.11. The average Bonchev–Trinajstić information content (AvgIpc) is 2.10. The first kappa shape index (κ1) is 12.2. The second-order valence-electron chi connectivity index (χ2n) is 2.55. The number of alkyl halides is 3. The van der Waals surface area contributed by atoms with Crippen molar-refractivity contribution in [1.29, 1.82) is 0 Å². The molecule has 0 aliphatic heterocycles. The van der Waals surface area contributed by atoms with Crippen molar-refractivity contribution in [2.45, 2.75) is 25.4 Å². The molecule has 0 aliphatic rings. The van der Waals surface area contributed by atoms with Gasteiger partial charge in [-0.1, -0.05) is 0 Å². The summed E-state index contributed by atoms with van der Waals surface area (Å²) < 4.78 is 35.4. The minimum absolute atomic E-state index is 0.145. The first-order valence-electron chi connectivity index (χ1n) is 3.97. The predicted octanol–water partition coefficient (Wildman–Crippen LogP) is 0.445. The topological polar surface area (TPSA) is 55.1 Å². The van der Waals surface area contributed by atoms with Crippen LogP contribution in [0.25, 0.3) is 0 Å². The zero-order valence-electron chi connectivity index (χ0n) is 7.10. The van der Waals surface area contributed by atoms with Gasteiger partial charge in [0, 0.05) is 6.42 Å². The van der Waals surface area contributed by atoms with Gasteiger partial charge in [-0.2, -0.15) is 0 Å². The maximum absolute atomic E-state index is 12.2. The first-order chi connectivity index (χ1) is 6.07. The van der Waals surface area contributed by atoms with Crippen LogP contribution >= 0.6 is 0 Å². The maximum atomic E-state index is 12.2. The Morgan fingerprint density at radius 1 is 1.38 bits per heavy atom. The van der Waals surface area contributed by atoms with Crippen molar-refractivity contribution >= 4 is 5.91 Å². The molecule has 0 aliphatic carbocycles. The van der Waals surface area contributed by atoms with Gasteiger partial charge in [0.25, 0.3) is 6.43 Å². The minimum Gasteiger partial charge on any atom is -0.353 e. The molecule has 6 heteroatoms. The smallest absolute Gasteiger partial charge is 0.271 e. The molecule has 1 unspecified atom stereocenters. The van der Waals surface area contributed by atoms with Crippen molar-refractivity contribution < 1.29 is 18.0 Å². The number of rotatable bonds is 6. The van der Waals surface area contributed by atoms with E-state index in [1.54, 1.807) is 0 Å². The van der Waals surface area contributed by atoms with E-state index in [-0.39, 0.29) is 6.42 Å². The largest absolute Gasteiger partial charge is 0.353 e. The molecule has 78 valence electrons. The van der Waals surface area contributed by atoms with Crippen LogP contribution in [0.5, 0.6) is 0 Å². The molecule has 0 saturated carbocycles. The Balaban J connectivity index is 3.46. The lowest BCUT2D eigenvalue weighted by molar-refractivity contribution is -0.121. The van der Waals surface area contributed by atoms with Crippen molar-refractivity contribution in [1.82, 2.24) is 5.32 Å². The molecule has 0 heterocycles. The zero-order chi connectivity index (χ0) is 10.3. The SMILES string of the molecule is NCCCC(=O)NCC(F)C(F)F. The average molecular weight is 198 g/mol. The van der Waals surface area contributed by atoms with Crippen LogP contribution in [0.4, 0.5) is 13.2 Å². The van der Waals surface area contributed by atoms with Crippen LogP contribution in [-0.2, 0) is 4.79 Å². The molecule has 1 amide bonds. The highest BCUT2D eigenvalue weighted by atomic mass is 19.3. The van der Waals surface area contributed by atoms with Gasteiger partial charge in [0.05, 0.1) is 6.54 Å². The molecule has 13 heavy (non-hydrogen) atoms. The van der Waals surface area contributed by atoms with E-state index in [0.717, 1.165) is 0 Å². The summed E-state index contributed by atoms with van der Waals surface area (Å²) in [6.45, 7) is -0.289. The van der Waals surface area contributed by atoms with Gasteiger partial charge in [0.15, 0.2) is 6.17 Å². The standard InChI is InChI=1S/C7H13F3N2O/c8-5(7(9)10)4-12-6(13)2-1-3-11/h5,7H,1-4,11H2,(H,12,13). The summed E-state index contributed by atoms with van der Waals surface area (Å²) in [6, 6.07) is 0. The third-order valence-corrected chi connectivity index (χ3v) is 1.38. The van der Waals surface area contributed by atoms with E-state index in [1.165, 1.54) is 0 Å². The molecule has 0 aromatic rings. The monoisotopic (exact) mass is 198 g/mol. The fourth-order valence-corrected chi connectivity index (χ4v) is 0.651. The van der Waals surface area contributed by atoms with Crippen LogP contribution in [-0.4, -0.2) is 31.6 Å². The number of halogens is 3. The number of nitrogens with two attached hydrogens (primary N) is 1. The fraction of sp³-hybridized carbons (Fsp3) is 0.857. The summed E-state index contributed by atoms with van der Waals surface area (Å²) in [5, 5.41) is 2.05. The highest BCUT2D eigenvalue weighted by Gasteiger charge is 2.19. The van der Waals surface area contributed by atoms with Gasteiger partial charge in [-0.05, 0) is 13.0 Å². The number of carbonyl (C=O) groups excluding carboxylic acids is 1. The van der Waals surface area contributed by atoms with Crippen LogP contribution in [0.2, 0.25) is 0 Å². The molecule has 0 radical (unpaired) electrons.